The minimum atomic E-state index is -4.57. The maximum Gasteiger partial charge on any atom is 0.429 e. The summed E-state index contributed by atoms with van der Waals surface area (Å²) in [5, 5.41) is 6.25. The Morgan fingerprint density at radius 3 is 2.34 bits per heavy atom. The van der Waals surface area contributed by atoms with Gasteiger partial charge in [-0.2, -0.15) is 13.2 Å². The van der Waals surface area contributed by atoms with Crippen molar-refractivity contribution < 1.29 is 46.8 Å². The van der Waals surface area contributed by atoms with Crippen molar-refractivity contribution >= 4 is 0 Å². The van der Waals surface area contributed by atoms with Crippen LogP contribution >= 0.6 is 0 Å². The maximum absolute atomic E-state index is 13.4. The first-order valence-electron chi connectivity index (χ1n) is 8.51. The van der Waals surface area contributed by atoms with E-state index in [4.69, 9.17) is 4.74 Å². The number of aromatic nitrogens is 5. The van der Waals surface area contributed by atoms with E-state index in [1.165, 1.54) is 25.6 Å². The molecule has 0 spiro atoms. The van der Waals surface area contributed by atoms with Gasteiger partial charge in [-0.15, -0.1) is 12.1 Å². The second-order valence-electron chi connectivity index (χ2n) is 5.79. The number of ether oxygens (including phenoxy) is 1. The molecular weight excluding hydrogens is 613 g/mol. The van der Waals surface area contributed by atoms with E-state index in [1.807, 2.05) is 0 Å². The third kappa shape index (κ3) is 6.38. The fourth-order valence-electron chi connectivity index (χ4n) is 2.28. The molecule has 12 heteroatoms. The maximum atomic E-state index is 13.4. The van der Waals surface area contributed by atoms with Crippen LogP contribution in [0.15, 0.2) is 54.9 Å². The van der Waals surface area contributed by atoms with Crippen LogP contribution in [0.25, 0.3) is 22.8 Å². The van der Waals surface area contributed by atoms with Gasteiger partial charge in [0, 0.05) is 44.1 Å². The zero-order chi connectivity index (χ0) is 22.4. The molecule has 0 atom stereocenters. The van der Waals surface area contributed by atoms with E-state index >= 15 is 0 Å². The van der Waals surface area contributed by atoms with Gasteiger partial charge in [0.1, 0.15) is 11.6 Å². The number of benzene rings is 1. The van der Waals surface area contributed by atoms with Crippen LogP contribution in [0.3, 0.4) is 0 Å². The summed E-state index contributed by atoms with van der Waals surface area (Å²) < 4.78 is 67.5. The fourth-order valence-corrected chi connectivity index (χ4v) is 2.28. The molecule has 0 N–H and O–H groups in total. The number of halogens is 5. The van der Waals surface area contributed by atoms with E-state index in [0.717, 1.165) is 12.1 Å². The minimum absolute atomic E-state index is 0. The van der Waals surface area contributed by atoms with Gasteiger partial charge in [0.2, 0.25) is 0 Å². The standard InChI is InChI=1S/C12H8F2NO.C8H4F3N4.Ir/c1-16-9-4-5-15-12(7-9)10-3-2-8(13)6-11(10)14;9-8(10,11)7-13-6(14-15-7)5-3-1-2-4-12-5;/h2,4-7H,1H3;1-4H;/q2*-1;. The molecule has 0 saturated heterocycles. The Labute approximate surface area is 192 Å². The molecule has 4 aromatic rings. The summed E-state index contributed by atoms with van der Waals surface area (Å²) >= 11 is 0. The summed E-state index contributed by atoms with van der Waals surface area (Å²) in [5.41, 5.74) is 0.748. The molecule has 0 aliphatic heterocycles. The number of rotatable bonds is 3. The minimum Gasteiger partial charge on any atom is -0.497 e. The normalized spacial score (nSPS) is 10.6. The Hall–Kier alpha value is -3.24. The second-order valence-corrected chi connectivity index (χ2v) is 5.79. The largest absolute Gasteiger partial charge is 0.497 e. The first-order chi connectivity index (χ1) is 14.8. The number of nitrogens with zero attached hydrogens (tertiary/aromatic N) is 5. The van der Waals surface area contributed by atoms with Crippen LogP contribution in [0.1, 0.15) is 5.82 Å². The Kier molecular flexibility index (Phi) is 8.50. The smallest absolute Gasteiger partial charge is 0.429 e. The van der Waals surface area contributed by atoms with E-state index in [1.54, 1.807) is 24.3 Å². The fraction of sp³-hybridized carbons (Fsp3) is 0.100. The molecule has 0 bridgehead atoms. The molecular formula is C20H12F5IrN5O-2. The molecule has 32 heavy (non-hydrogen) atoms. The number of alkyl halides is 3. The number of hydrogen-bond acceptors (Lipinski definition) is 5. The average molecular weight is 626 g/mol. The number of hydrogen-bond donors (Lipinski definition) is 0. The summed E-state index contributed by atoms with van der Waals surface area (Å²) in [4.78, 5) is 11.0. The molecule has 0 unspecified atom stereocenters. The zero-order valence-corrected chi connectivity index (χ0v) is 18.5. The van der Waals surface area contributed by atoms with Crippen molar-refractivity contribution in [2.45, 2.75) is 6.18 Å². The van der Waals surface area contributed by atoms with Gasteiger partial charge in [-0.1, -0.05) is 17.7 Å². The van der Waals surface area contributed by atoms with Gasteiger partial charge in [0.25, 0.3) is 0 Å². The Morgan fingerprint density at radius 2 is 1.75 bits per heavy atom. The summed E-state index contributed by atoms with van der Waals surface area (Å²) in [5.74, 6) is -2.17. The molecule has 0 amide bonds. The van der Waals surface area contributed by atoms with Gasteiger partial charge >= 0.3 is 6.18 Å². The van der Waals surface area contributed by atoms with E-state index < -0.39 is 23.6 Å². The van der Waals surface area contributed by atoms with Gasteiger partial charge in [-0.3, -0.25) is 18.9 Å². The Bertz CT molecular complexity index is 1150. The summed E-state index contributed by atoms with van der Waals surface area (Å²) in [7, 11) is 1.50. The molecule has 0 fully saturated rings. The summed E-state index contributed by atoms with van der Waals surface area (Å²) in [6.45, 7) is 0. The molecule has 169 valence electrons. The van der Waals surface area contributed by atoms with Crippen molar-refractivity contribution in [1.82, 2.24) is 25.1 Å². The van der Waals surface area contributed by atoms with Crippen LogP contribution in [0.4, 0.5) is 22.0 Å². The average Bonchev–Trinajstić information content (AvgIpc) is 3.26. The van der Waals surface area contributed by atoms with E-state index in [0.29, 0.717) is 11.4 Å². The molecule has 3 aromatic heterocycles. The molecule has 4 rings (SSSR count). The third-order valence-electron chi connectivity index (χ3n) is 3.68. The third-order valence-corrected chi connectivity index (χ3v) is 3.68. The van der Waals surface area contributed by atoms with Crippen LogP contribution in [0.5, 0.6) is 5.75 Å². The molecule has 1 radical (unpaired) electrons. The van der Waals surface area contributed by atoms with Gasteiger partial charge in [-0.25, -0.2) is 0 Å². The molecule has 3 heterocycles. The van der Waals surface area contributed by atoms with Gasteiger partial charge < -0.3 is 19.8 Å². The van der Waals surface area contributed by atoms with Crippen LogP contribution in [0.2, 0.25) is 0 Å². The topological polar surface area (TPSA) is 74.9 Å². The number of methoxy groups -OCH3 is 1. The predicted octanol–water partition coefficient (Wildman–Crippen LogP) is 4.35. The van der Waals surface area contributed by atoms with Crippen molar-refractivity contribution in [1.29, 1.82) is 0 Å². The molecule has 0 aliphatic rings. The second kappa shape index (κ2) is 10.9. The van der Waals surface area contributed by atoms with Crippen molar-refractivity contribution in [3.05, 3.63) is 78.4 Å². The SMILES string of the molecule is COc1ccnc(-c2[c-]cc(F)cc2F)c1.FC(F)(F)c1n[n-]c(-c2ccccn2)n1.[Ir]. The molecule has 6 nitrogen and oxygen atoms in total. The van der Waals surface area contributed by atoms with Crippen LogP contribution in [-0.4, -0.2) is 27.2 Å². The van der Waals surface area contributed by atoms with Gasteiger partial charge in [0.05, 0.1) is 12.8 Å². The molecule has 0 saturated carbocycles. The van der Waals surface area contributed by atoms with E-state index in [9.17, 15) is 22.0 Å². The number of pyridine rings is 2. The van der Waals surface area contributed by atoms with Crippen LogP contribution < -0.4 is 9.84 Å². The van der Waals surface area contributed by atoms with Crippen molar-refractivity contribution in [2.24, 2.45) is 0 Å². The predicted molar refractivity (Wildman–Crippen MR) is 98.6 cm³/mol. The van der Waals surface area contributed by atoms with Crippen molar-refractivity contribution in [3.8, 4) is 28.5 Å². The summed E-state index contributed by atoms with van der Waals surface area (Å²) in [6, 6.07) is 12.4. The van der Waals surface area contributed by atoms with Gasteiger partial charge in [-0.05, 0) is 35.8 Å². The Balaban J connectivity index is 0.000000220. The van der Waals surface area contributed by atoms with Crippen molar-refractivity contribution in [3.63, 3.8) is 0 Å². The zero-order valence-electron chi connectivity index (χ0n) is 16.1. The van der Waals surface area contributed by atoms with Crippen molar-refractivity contribution in [2.75, 3.05) is 7.11 Å². The quantitative estimate of drug-likeness (QED) is 0.249. The molecule has 0 aliphatic carbocycles. The molecule has 1 aromatic carbocycles. The Morgan fingerprint density at radius 1 is 1.00 bits per heavy atom. The monoisotopic (exact) mass is 626 g/mol. The first kappa shape index (κ1) is 25.0. The first-order valence-corrected chi connectivity index (χ1v) is 8.51. The van der Waals surface area contributed by atoms with E-state index in [-0.39, 0.29) is 37.2 Å². The van der Waals surface area contributed by atoms with Gasteiger partial charge in [0.15, 0.2) is 0 Å². The van der Waals surface area contributed by atoms with Crippen LogP contribution in [0, 0.1) is 17.7 Å². The summed E-state index contributed by atoms with van der Waals surface area (Å²) in [6.07, 6.45) is -1.64. The van der Waals surface area contributed by atoms with Crippen LogP contribution in [-0.2, 0) is 26.3 Å². The van der Waals surface area contributed by atoms with E-state index in [2.05, 4.69) is 31.2 Å².